The normalized spacial score (nSPS) is 36.7. The van der Waals surface area contributed by atoms with Gasteiger partial charge < -0.3 is 10.1 Å². The lowest BCUT2D eigenvalue weighted by Crippen LogP contribution is -2.37. The van der Waals surface area contributed by atoms with Gasteiger partial charge in [-0.2, -0.15) is 0 Å². The van der Waals surface area contributed by atoms with Crippen LogP contribution in [0.1, 0.15) is 39.5 Å². The van der Waals surface area contributed by atoms with Gasteiger partial charge in [0.1, 0.15) is 6.10 Å². The third-order valence-electron chi connectivity index (χ3n) is 4.62. The molecule has 0 spiro atoms. The molecule has 6 heteroatoms. The van der Waals surface area contributed by atoms with Gasteiger partial charge in [0.25, 0.3) is 0 Å². The molecule has 0 bridgehead atoms. The van der Waals surface area contributed by atoms with Gasteiger partial charge in [-0.05, 0) is 37.5 Å². The Labute approximate surface area is 121 Å². The molecule has 4 unspecified atom stereocenters. The molecular formula is C14H25NO4S. The molecule has 0 aromatic heterocycles. The number of esters is 1. The fraction of sp³-hybridized carbons (Fsp3) is 0.929. The first-order valence-electron chi connectivity index (χ1n) is 7.49. The van der Waals surface area contributed by atoms with Crippen molar-refractivity contribution in [3.8, 4) is 0 Å². The van der Waals surface area contributed by atoms with Crippen molar-refractivity contribution in [1.82, 2.24) is 5.32 Å². The maximum Gasteiger partial charge on any atom is 0.320 e. The van der Waals surface area contributed by atoms with E-state index in [9.17, 15) is 13.2 Å². The van der Waals surface area contributed by atoms with E-state index in [1.54, 1.807) is 0 Å². The van der Waals surface area contributed by atoms with E-state index in [2.05, 4.69) is 19.2 Å². The Kier molecular flexibility index (Phi) is 5.07. The minimum absolute atomic E-state index is 0.0304. The maximum absolute atomic E-state index is 11.8. The Bertz CT molecular complexity index is 448. The number of rotatable bonds is 4. The van der Waals surface area contributed by atoms with Gasteiger partial charge in [-0.1, -0.05) is 13.8 Å². The summed E-state index contributed by atoms with van der Waals surface area (Å²) in [7, 11) is -2.90. The smallest absolute Gasteiger partial charge is 0.320 e. The molecule has 1 aliphatic heterocycles. The lowest BCUT2D eigenvalue weighted by atomic mass is 9.80. The minimum atomic E-state index is -2.90. The summed E-state index contributed by atoms with van der Waals surface area (Å²) in [5.41, 5.74) is 0. The van der Waals surface area contributed by atoms with Crippen molar-refractivity contribution >= 4 is 15.8 Å². The predicted octanol–water partition coefficient (Wildman–Crippen LogP) is 1.13. The van der Waals surface area contributed by atoms with Crippen molar-refractivity contribution in [2.24, 2.45) is 11.8 Å². The number of sulfone groups is 1. The number of hydrogen-bond acceptors (Lipinski definition) is 5. The summed E-state index contributed by atoms with van der Waals surface area (Å²) in [6, 6.07) is -0.0992. The van der Waals surface area contributed by atoms with E-state index in [1.165, 1.54) is 0 Å². The summed E-state index contributed by atoms with van der Waals surface area (Å²) < 4.78 is 28.1. The van der Waals surface area contributed by atoms with Crippen molar-refractivity contribution in [3.63, 3.8) is 0 Å². The second-order valence-electron chi connectivity index (χ2n) is 6.36. The summed E-state index contributed by atoms with van der Waals surface area (Å²) in [4.78, 5) is 11.8. The van der Waals surface area contributed by atoms with Crippen molar-refractivity contribution in [2.75, 3.05) is 18.1 Å². The van der Waals surface area contributed by atoms with Crippen LogP contribution in [-0.4, -0.2) is 44.6 Å². The van der Waals surface area contributed by atoms with Crippen LogP contribution in [0, 0.1) is 11.8 Å². The van der Waals surface area contributed by atoms with Gasteiger partial charge >= 0.3 is 5.97 Å². The summed E-state index contributed by atoms with van der Waals surface area (Å²) in [6.45, 7) is 4.55. The molecule has 1 aliphatic carbocycles. The summed E-state index contributed by atoms with van der Waals surface area (Å²) in [5, 5.41) is 2.99. The lowest BCUT2D eigenvalue weighted by Gasteiger charge is -2.31. The van der Waals surface area contributed by atoms with Crippen molar-refractivity contribution < 1.29 is 17.9 Å². The van der Waals surface area contributed by atoms with Crippen LogP contribution < -0.4 is 5.32 Å². The second kappa shape index (κ2) is 6.43. The van der Waals surface area contributed by atoms with Gasteiger partial charge in [-0.3, -0.25) is 4.79 Å². The van der Waals surface area contributed by atoms with Crippen LogP contribution in [0.4, 0.5) is 0 Å². The first-order chi connectivity index (χ1) is 9.35. The minimum Gasteiger partial charge on any atom is -0.461 e. The van der Waals surface area contributed by atoms with E-state index in [0.717, 1.165) is 19.3 Å². The number of carbonyl (C=O) groups excluding carboxylic acids is 1. The predicted molar refractivity (Wildman–Crippen MR) is 77.1 cm³/mol. The molecule has 0 amide bonds. The zero-order valence-electron chi connectivity index (χ0n) is 12.3. The van der Waals surface area contributed by atoms with Crippen LogP contribution in [0.3, 0.4) is 0 Å². The molecule has 2 fully saturated rings. The average molecular weight is 303 g/mol. The van der Waals surface area contributed by atoms with Crippen molar-refractivity contribution in [1.29, 1.82) is 0 Å². The fourth-order valence-corrected chi connectivity index (χ4v) is 4.72. The van der Waals surface area contributed by atoms with Crippen LogP contribution in [0.2, 0.25) is 0 Å². The van der Waals surface area contributed by atoms with Gasteiger partial charge in [0.15, 0.2) is 9.84 Å². The Morgan fingerprint density at radius 3 is 2.55 bits per heavy atom. The highest BCUT2D eigenvalue weighted by molar-refractivity contribution is 7.91. The van der Waals surface area contributed by atoms with Crippen molar-refractivity contribution in [2.45, 2.75) is 51.7 Å². The molecule has 0 radical (unpaired) electrons. The molecule has 1 saturated carbocycles. The van der Waals surface area contributed by atoms with E-state index in [4.69, 9.17) is 4.74 Å². The maximum atomic E-state index is 11.8. The van der Waals surface area contributed by atoms with Gasteiger partial charge in [-0.25, -0.2) is 8.42 Å². The van der Waals surface area contributed by atoms with Crippen LogP contribution >= 0.6 is 0 Å². The number of nitrogens with one attached hydrogen (secondary N) is 1. The second-order valence-corrected chi connectivity index (χ2v) is 8.59. The molecule has 4 atom stereocenters. The largest absolute Gasteiger partial charge is 0.461 e. The molecule has 5 nitrogen and oxygen atoms in total. The topological polar surface area (TPSA) is 72.5 Å². The first-order valence-corrected chi connectivity index (χ1v) is 9.31. The molecule has 116 valence electrons. The Morgan fingerprint density at radius 2 is 1.95 bits per heavy atom. The SMILES string of the molecule is CC1CCC(OC(=O)CNC2CCS(=O)(=O)C2)CC1C. The van der Waals surface area contributed by atoms with Crippen LogP contribution in [0.15, 0.2) is 0 Å². The van der Waals surface area contributed by atoms with E-state index in [1.807, 2.05) is 0 Å². The fourth-order valence-electron chi connectivity index (χ4n) is 3.02. The van der Waals surface area contributed by atoms with Crippen LogP contribution in [0.25, 0.3) is 0 Å². The average Bonchev–Trinajstić information content (AvgIpc) is 2.71. The van der Waals surface area contributed by atoms with Gasteiger partial charge in [-0.15, -0.1) is 0 Å². The highest BCUT2D eigenvalue weighted by Crippen LogP contribution is 2.30. The molecule has 1 heterocycles. The van der Waals surface area contributed by atoms with E-state index in [-0.39, 0.29) is 36.2 Å². The Hall–Kier alpha value is -0.620. The van der Waals surface area contributed by atoms with Gasteiger partial charge in [0, 0.05) is 6.04 Å². The van der Waals surface area contributed by atoms with E-state index < -0.39 is 9.84 Å². The summed E-state index contributed by atoms with van der Waals surface area (Å²) in [6.07, 6.45) is 3.60. The third kappa shape index (κ3) is 4.45. The first kappa shape index (κ1) is 15.8. The third-order valence-corrected chi connectivity index (χ3v) is 6.38. The van der Waals surface area contributed by atoms with Gasteiger partial charge in [0.2, 0.25) is 0 Å². The number of hydrogen-bond donors (Lipinski definition) is 1. The van der Waals surface area contributed by atoms with Crippen LogP contribution in [-0.2, 0) is 19.4 Å². The highest BCUT2D eigenvalue weighted by atomic mass is 32.2. The molecule has 0 aromatic carbocycles. The van der Waals surface area contributed by atoms with E-state index in [0.29, 0.717) is 18.3 Å². The molecule has 2 aliphatic rings. The summed E-state index contributed by atoms with van der Waals surface area (Å²) in [5.74, 6) is 1.39. The molecular weight excluding hydrogens is 278 g/mol. The quantitative estimate of drug-likeness (QED) is 0.788. The highest BCUT2D eigenvalue weighted by Gasteiger charge is 2.29. The zero-order chi connectivity index (χ0) is 14.8. The lowest BCUT2D eigenvalue weighted by molar-refractivity contribution is -0.150. The monoisotopic (exact) mass is 303 g/mol. The molecule has 1 saturated heterocycles. The molecule has 20 heavy (non-hydrogen) atoms. The van der Waals surface area contributed by atoms with Crippen molar-refractivity contribution in [3.05, 3.63) is 0 Å². The molecule has 1 N–H and O–H groups in total. The zero-order valence-corrected chi connectivity index (χ0v) is 13.1. The molecule has 2 rings (SSSR count). The number of carbonyl (C=O) groups is 1. The summed E-state index contributed by atoms with van der Waals surface area (Å²) >= 11 is 0. The van der Waals surface area contributed by atoms with Gasteiger partial charge in [0.05, 0.1) is 18.1 Å². The standard InChI is InChI=1S/C14H25NO4S/c1-10-3-4-13(7-11(10)2)19-14(16)8-15-12-5-6-20(17,18)9-12/h10-13,15H,3-9H2,1-2H3. The van der Waals surface area contributed by atoms with E-state index >= 15 is 0 Å². The Morgan fingerprint density at radius 1 is 1.20 bits per heavy atom. The Balaban J connectivity index is 1.68. The number of ether oxygens (including phenoxy) is 1. The van der Waals surface area contributed by atoms with Crippen LogP contribution in [0.5, 0.6) is 0 Å². The molecule has 0 aromatic rings.